The molecule has 0 radical (unpaired) electrons. The van der Waals surface area contributed by atoms with E-state index in [4.69, 9.17) is 0 Å². The summed E-state index contributed by atoms with van der Waals surface area (Å²) in [6.45, 7) is 3.49. The third-order valence-corrected chi connectivity index (χ3v) is 3.55. The van der Waals surface area contributed by atoms with Crippen molar-refractivity contribution >= 4 is 5.91 Å². The molecule has 2 aromatic carbocycles. The van der Waals surface area contributed by atoms with E-state index in [2.05, 4.69) is 5.32 Å². The van der Waals surface area contributed by atoms with Crippen molar-refractivity contribution in [1.82, 2.24) is 5.32 Å². The Morgan fingerprint density at radius 2 is 1.29 bits per heavy atom. The van der Waals surface area contributed by atoms with Gasteiger partial charge in [0.05, 0.1) is 6.04 Å². The van der Waals surface area contributed by atoms with E-state index < -0.39 is 46.6 Å². The summed E-state index contributed by atoms with van der Waals surface area (Å²) < 4.78 is 67.0. The zero-order valence-corrected chi connectivity index (χ0v) is 12.8. The SMILES string of the molecule is CC(C)[C@H](NC(=O)c1c(F)c(F)c(F)c(F)c1F)c1ccccc1. The molecule has 7 heteroatoms. The number of nitrogens with one attached hydrogen (secondary N) is 1. The minimum atomic E-state index is -2.30. The van der Waals surface area contributed by atoms with E-state index in [-0.39, 0.29) is 5.92 Å². The Balaban J connectivity index is 2.42. The average molecular weight is 343 g/mol. The van der Waals surface area contributed by atoms with E-state index in [0.717, 1.165) is 0 Å². The second kappa shape index (κ2) is 6.98. The first-order chi connectivity index (χ1) is 11.3. The van der Waals surface area contributed by atoms with Crippen molar-refractivity contribution in [1.29, 1.82) is 0 Å². The molecule has 0 saturated heterocycles. The molecule has 0 aliphatic rings. The maximum Gasteiger partial charge on any atom is 0.257 e. The van der Waals surface area contributed by atoms with Crippen LogP contribution in [0.25, 0.3) is 0 Å². The lowest BCUT2D eigenvalue weighted by atomic mass is 9.95. The van der Waals surface area contributed by atoms with Crippen LogP contribution < -0.4 is 5.32 Å². The van der Waals surface area contributed by atoms with Crippen LogP contribution in [-0.4, -0.2) is 5.91 Å². The largest absolute Gasteiger partial charge is 0.345 e. The van der Waals surface area contributed by atoms with Gasteiger partial charge in [-0.3, -0.25) is 4.79 Å². The van der Waals surface area contributed by atoms with E-state index in [1.165, 1.54) is 0 Å². The summed E-state index contributed by atoms with van der Waals surface area (Å²) in [5.41, 5.74) is -0.849. The van der Waals surface area contributed by atoms with Crippen molar-refractivity contribution in [3.05, 3.63) is 70.5 Å². The first-order valence-electron chi connectivity index (χ1n) is 7.13. The highest BCUT2D eigenvalue weighted by atomic mass is 19.2. The maximum atomic E-state index is 13.7. The number of hydrogen-bond acceptors (Lipinski definition) is 1. The molecule has 0 aliphatic heterocycles. The monoisotopic (exact) mass is 343 g/mol. The fraction of sp³-hybridized carbons (Fsp3) is 0.235. The summed E-state index contributed by atoms with van der Waals surface area (Å²) in [6, 6.07) is 7.86. The Labute approximate surface area is 135 Å². The van der Waals surface area contributed by atoms with E-state index in [9.17, 15) is 26.7 Å². The molecule has 0 fully saturated rings. The molecule has 2 rings (SSSR count). The number of amides is 1. The molecule has 24 heavy (non-hydrogen) atoms. The molecule has 0 saturated carbocycles. The van der Waals surface area contributed by atoms with Gasteiger partial charge in [0.1, 0.15) is 5.56 Å². The Bertz CT molecular complexity index is 732. The average Bonchev–Trinajstić information content (AvgIpc) is 2.56. The predicted octanol–water partition coefficient (Wildman–Crippen LogP) is 4.51. The molecule has 2 aromatic rings. The highest BCUT2D eigenvalue weighted by Crippen LogP contribution is 2.26. The lowest BCUT2D eigenvalue weighted by Crippen LogP contribution is -2.33. The van der Waals surface area contributed by atoms with Gasteiger partial charge < -0.3 is 5.32 Å². The second-order valence-corrected chi connectivity index (χ2v) is 5.55. The smallest absolute Gasteiger partial charge is 0.257 e. The van der Waals surface area contributed by atoms with E-state index in [1.54, 1.807) is 44.2 Å². The van der Waals surface area contributed by atoms with Crippen molar-refractivity contribution in [2.24, 2.45) is 5.92 Å². The van der Waals surface area contributed by atoms with Gasteiger partial charge in [-0.25, -0.2) is 22.0 Å². The highest BCUT2D eigenvalue weighted by Gasteiger charge is 2.31. The first kappa shape index (κ1) is 17.9. The van der Waals surface area contributed by atoms with Gasteiger partial charge in [-0.15, -0.1) is 0 Å². The Morgan fingerprint density at radius 1 is 0.833 bits per heavy atom. The van der Waals surface area contributed by atoms with Crippen molar-refractivity contribution in [2.75, 3.05) is 0 Å². The van der Waals surface area contributed by atoms with Crippen molar-refractivity contribution in [2.45, 2.75) is 19.9 Å². The van der Waals surface area contributed by atoms with Crippen molar-refractivity contribution < 1.29 is 26.7 Å². The van der Waals surface area contributed by atoms with Crippen molar-refractivity contribution in [3.63, 3.8) is 0 Å². The van der Waals surface area contributed by atoms with Gasteiger partial charge >= 0.3 is 0 Å². The number of rotatable bonds is 4. The third-order valence-electron chi connectivity index (χ3n) is 3.55. The molecule has 1 N–H and O–H groups in total. The fourth-order valence-corrected chi connectivity index (χ4v) is 2.31. The molecular formula is C17H14F5NO. The third kappa shape index (κ3) is 3.25. The molecule has 128 valence electrons. The van der Waals surface area contributed by atoms with E-state index >= 15 is 0 Å². The molecular weight excluding hydrogens is 329 g/mol. The Morgan fingerprint density at radius 3 is 1.75 bits per heavy atom. The Hall–Kier alpha value is -2.44. The summed E-state index contributed by atoms with van der Waals surface area (Å²) in [5, 5.41) is 2.33. The summed E-state index contributed by atoms with van der Waals surface area (Å²) in [6.07, 6.45) is 0. The van der Waals surface area contributed by atoms with Gasteiger partial charge in [-0.1, -0.05) is 44.2 Å². The summed E-state index contributed by atoms with van der Waals surface area (Å²) in [5.74, 6) is -12.5. The minimum Gasteiger partial charge on any atom is -0.345 e. The van der Waals surface area contributed by atoms with Gasteiger partial charge in [0.2, 0.25) is 5.82 Å². The molecule has 0 aliphatic carbocycles. The summed E-state index contributed by atoms with van der Waals surface area (Å²) >= 11 is 0. The maximum absolute atomic E-state index is 13.7. The molecule has 1 atom stereocenters. The van der Waals surface area contributed by atoms with Crippen LogP contribution in [0.4, 0.5) is 22.0 Å². The molecule has 1 amide bonds. The number of halogens is 5. The van der Waals surface area contributed by atoms with Gasteiger partial charge in [-0.05, 0) is 11.5 Å². The minimum absolute atomic E-state index is 0.183. The number of benzene rings is 2. The summed E-state index contributed by atoms with van der Waals surface area (Å²) in [7, 11) is 0. The molecule has 2 nitrogen and oxygen atoms in total. The molecule has 0 bridgehead atoms. The molecule has 0 aromatic heterocycles. The zero-order chi connectivity index (χ0) is 18.0. The van der Waals surface area contributed by atoms with Gasteiger partial charge in [0.15, 0.2) is 23.3 Å². The molecule has 0 unspecified atom stereocenters. The van der Waals surface area contributed by atoms with Crippen LogP contribution in [0, 0.1) is 35.0 Å². The number of hydrogen-bond donors (Lipinski definition) is 1. The van der Waals surface area contributed by atoms with Crippen LogP contribution in [0.2, 0.25) is 0 Å². The van der Waals surface area contributed by atoms with Crippen molar-refractivity contribution in [3.8, 4) is 0 Å². The van der Waals surface area contributed by atoms with Crippen LogP contribution in [0.15, 0.2) is 30.3 Å². The molecule has 0 spiro atoms. The zero-order valence-electron chi connectivity index (χ0n) is 12.8. The standard InChI is InChI=1S/C17H14F5NO/c1-8(2)16(9-6-4-3-5-7-9)23-17(24)10-11(18)13(20)15(22)14(21)12(10)19/h3-8,16H,1-2H3,(H,23,24)/t16-/m0/s1. The quantitative estimate of drug-likeness (QED) is 0.494. The highest BCUT2D eigenvalue weighted by molar-refractivity contribution is 5.95. The van der Waals surface area contributed by atoms with Gasteiger partial charge in [0.25, 0.3) is 5.91 Å². The normalized spacial score (nSPS) is 12.3. The lowest BCUT2D eigenvalue weighted by molar-refractivity contribution is 0.0913. The number of carbonyl (C=O) groups is 1. The molecule has 0 heterocycles. The lowest BCUT2D eigenvalue weighted by Gasteiger charge is -2.23. The fourth-order valence-electron chi connectivity index (χ4n) is 2.31. The van der Waals surface area contributed by atoms with Crippen LogP contribution in [0.5, 0.6) is 0 Å². The van der Waals surface area contributed by atoms with Gasteiger partial charge in [0, 0.05) is 0 Å². The van der Waals surface area contributed by atoms with Crippen LogP contribution in [-0.2, 0) is 0 Å². The van der Waals surface area contributed by atoms with Gasteiger partial charge in [-0.2, -0.15) is 0 Å². The van der Waals surface area contributed by atoms with E-state index in [0.29, 0.717) is 5.56 Å². The number of carbonyl (C=O) groups excluding carboxylic acids is 1. The predicted molar refractivity (Wildman–Crippen MR) is 77.7 cm³/mol. The van der Waals surface area contributed by atoms with Crippen LogP contribution in [0.3, 0.4) is 0 Å². The van der Waals surface area contributed by atoms with Crippen LogP contribution in [0.1, 0.15) is 35.8 Å². The van der Waals surface area contributed by atoms with E-state index in [1.807, 2.05) is 0 Å². The topological polar surface area (TPSA) is 29.1 Å². The van der Waals surface area contributed by atoms with Crippen LogP contribution >= 0.6 is 0 Å². The first-order valence-corrected chi connectivity index (χ1v) is 7.13. The Kier molecular flexibility index (Phi) is 5.21. The second-order valence-electron chi connectivity index (χ2n) is 5.55. The summed E-state index contributed by atoms with van der Waals surface area (Å²) in [4.78, 5) is 12.1.